The van der Waals surface area contributed by atoms with Gasteiger partial charge in [-0.2, -0.15) is 0 Å². The van der Waals surface area contributed by atoms with Crippen molar-refractivity contribution in [1.29, 1.82) is 0 Å². The highest BCUT2D eigenvalue weighted by atomic mass is 31.3. The minimum Gasteiger partial charge on any atom is -0.493 e. The summed E-state index contributed by atoms with van der Waals surface area (Å²) in [5.74, 6) is -2.29. The molecule has 0 spiro atoms. The van der Waals surface area contributed by atoms with Gasteiger partial charge in [0.2, 0.25) is 25.2 Å². The maximum atomic E-state index is 13.1. The van der Waals surface area contributed by atoms with Gasteiger partial charge in [-0.1, -0.05) is 78.2 Å². The average Bonchev–Trinajstić information content (AvgIpc) is 0.736. The van der Waals surface area contributed by atoms with E-state index < -0.39 is 174 Å². The lowest BCUT2D eigenvalue weighted by Gasteiger charge is -2.41. The van der Waals surface area contributed by atoms with Crippen LogP contribution >= 0.6 is 60.8 Å². The number of pyridine rings is 4. The van der Waals surface area contributed by atoms with Gasteiger partial charge in [-0.3, -0.25) is 102 Å². The Balaban J connectivity index is 0.000000184. The Bertz CT molecular complexity index is 5840. The van der Waals surface area contributed by atoms with Crippen molar-refractivity contribution in [2.45, 2.75) is 164 Å². The lowest BCUT2D eigenvalue weighted by molar-refractivity contribution is -0.153. The van der Waals surface area contributed by atoms with E-state index in [0.29, 0.717) is 11.1 Å². The molecular formula is C79H94N4O42P8. The zero-order chi connectivity index (χ0) is 97.9. The summed E-state index contributed by atoms with van der Waals surface area (Å²) in [6.45, 7) is 10.4. The number of aromatic nitrogens is 4. The summed E-state index contributed by atoms with van der Waals surface area (Å²) < 4.78 is 190. The summed E-state index contributed by atoms with van der Waals surface area (Å²) in [5, 5.41) is 30.7. The fourth-order valence-corrected chi connectivity index (χ4v) is 27.1. The highest BCUT2D eigenvalue weighted by Gasteiger charge is 2.71. The summed E-state index contributed by atoms with van der Waals surface area (Å²) in [5.41, 5.74) is 0.182. The van der Waals surface area contributed by atoms with E-state index in [1.54, 1.807) is 39.8 Å². The van der Waals surface area contributed by atoms with Crippen molar-refractivity contribution < 1.29 is 199 Å². The molecule has 1 saturated carbocycles. The van der Waals surface area contributed by atoms with E-state index in [4.69, 9.17) is 74.1 Å². The Morgan fingerprint density at radius 1 is 0.421 bits per heavy atom. The molecule has 8 atom stereocenters. The number of carbonyl (C=O) groups is 5. The maximum absolute atomic E-state index is 13.1. The minimum atomic E-state index is -5.23. The standard InChI is InChI=1S/C22H27NO10P2.C21H25NO11P2.C19H23NO10P2.C17H19NO11P2/c1-15-9-10-19(31-21(24)30-17-7-3-2-4-8-17)18(12-15)20-32-34(26,27)22(25,35(28,29)33-20)13-16-6-5-11-23-14-16;1-14(23)30-13-20(2,3)19(24)31-17-9-5-4-8-16(17)18-32-34(26,27)21(25,35(28,29)33-18)11-15-7-6-10-22-12-15;1-12(2)27-18(21)28-16-7-6-13(3)9-15(16)17-29-31(23,24)19(22,32(25,26)30-17)10-14-5-4-8-20-11-14;1-25-13-7-3-6-12(14(13)27-16(19)26-2)15-28-30(21,22)17(20,31(23,24)29-15)9-11-5-4-8-18-10-11/h5-6,9-12,14,17,20,25H,2-4,7-8,13H2,1H3,(H,26,27)(H,28,29);4-10,12,18,25H,11,13H2,1-3H3,(H,26,27)(H,28,29);4-9,11-12,17,22H,10H2,1-3H3,(H,23,24)(H,25,26);3-8,10,15,20H,9H2,1-2H3,(H,21,22)(H,23,24). The molecule has 0 radical (unpaired) electrons. The molecule has 722 valence electrons. The monoisotopic (exact) mass is 2020 g/mol. The highest BCUT2D eigenvalue weighted by Crippen LogP contribution is 2.83. The van der Waals surface area contributed by atoms with Gasteiger partial charge >= 0.3 is 91.2 Å². The minimum absolute atomic E-state index is 0.0214. The first-order chi connectivity index (χ1) is 62.1. The van der Waals surface area contributed by atoms with Crippen LogP contribution in [0.4, 0.5) is 14.4 Å². The summed E-state index contributed by atoms with van der Waals surface area (Å²) in [4.78, 5) is 159. The second kappa shape index (κ2) is 42.8. The van der Waals surface area contributed by atoms with E-state index in [1.165, 1.54) is 193 Å². The Morgan fingerprint density at radius 3 is 1.11 bits per heavy atom. The number of esters is 2. The second-order valence-corrected chi connectivity index (χ2v) is 48.3. The molecule has 1 aliphatic carbocycles. The number of aliphatic hydroxyl groups is 4. The van der Waals surface area contributed by atoms with Gasteiger partial charge in [0.1, 0.15) is 30.0 Å². The van der Waals surface area contributed by atoms with E-state index >= 15 is 0 Å². The summed E-state index contributed by atoms with van der Waals surface area (Å²) in [7, 11) is -39.4. The molecule has 4 aliphatic heterocycles. The average molecular weight is 2020 g/mol. The van der Waals surface area contributed by atoms with Crippen LogP contribution in [0, 0.1) is 19.3 Å². The van der Waals surface area contributed by atoms with Crippen molar-refractivity contribution in [2.24, 2.45) is 5.41 Å². The van der Waals surface area contributed by atoms with Gasteiger partial charge in [-0.25, -0.2) is 14.4 Å². The van der Waals surface area contributed by atoms with E-state index in [-0.39, 0.29) is 86.0 Å². The van der Waals surface area contributed by atoms with Crippen molar-refractivity contribution >= 4 is 91.2 Å². The molecule has 46 nitrogen and oxygen atoms in total. The number of ether oxygens (including phenoxy) is 9. The van der Waals surface area contributed by atoms with Crippen LogP contribution in [-0.2, 0) is 127 Å². The third-order valence-electron chi connectivity index (χ3n) is 20.0. The number of carbonyl (C=O) groups excluding carboxylic acids is 5. The van der Waals surface area contributed by atoms with Crippen LogP contribution in [0.25, 0.3) is 0 Å². The van der Waals surface area contributed by atoms with E-state index in [2.05, 4.69) is 24.7 Å². The van der Waals surface area contributed by atoms with Gasteiger partial charge in [0.25, 0.3) is 20.3 Å². The molecule has 0 bridgehead atoms. The molecule has 8 unspecified atom stereocenters. The second-order valence-electron chi connectivity index (χ2n) is 30.9. The Morgan fingerprint density at radius 2 is 0.759 bits per heavy atom. The van der Waals surface area contributed by atoms with Crippen LogP contribution in [0.5, 0.6) is 28.7 Å². The number of para-hydroxylation sites is 2. The molecule has 4 aromatic heterocycles. The van der Waals surface area contributed by atoms with E-state index in [9.17, 15) is 120 Å². The zero-order valence-electron chi connectivity index (χ0n) is 71.8. The normalized spacial score (nSPS) is 30.2. The van der Waals surface area contributed by atoms with Crippen LogP contribution in [-0.4, -0.2) is 163 Å². The number of aryl methyl sites for hydroxylation is 2. The largest absolute Gasteiger partial charge is 0.514 e. The predicted octanol–water partition coefficient (Wildman–Crippen LogP) is 13.6. The van der Waals surface area contributed by atoms with Crippen LogP contribution in [0.2, 0.25) is 0 Å². The first kappa shape index (κ1) is 106. The molecule has 4 aromatic carbocycles. The number of nitrogens with zero attached hydrogens (tertiary/aromatic N) is 4. The Kier molecular flexibility index (Phi) is 34.1. The molecule has 5 fully saturated rings. The van der Waals surface area contributed by atoms with Gasteiger partial charge in [0.15, 0.2) is 11.5 Å². The first-order valence-electron chi connectivity index (χ1n) is 39.5. The van der Waals surface area contributed by atoms with Gasteiger partial charge in [0, 0.05) is 82.2 Å². The highest BCUT2D eigenvalue weighted by molar-refractivity contribution is 7.75. The number of hydrogen-bond donors (Lipinski definition) is 12. The fourth-order valence-electron chi connectivity index (χ4n) is 12.9. The maximum Gasteiger partial charge on any atom is 0.514 e. The van der Waals surface area contributed by atoms with Crippen LogP contribution < -0.4 is 23.7 Å². The quantitative estimate of drug-likeness (QED) is 0.00985. The lowest BCUT2D eigenvalue weighted by Crippen LogP contribution is -2.38. The third-order valence-corrected chi connectivity index (χ3v) is 38.3. The molecule has 8 heterocycles. The van der Waals surface area contributed by atoms with Crippen LogP contribution in [0.3, 0.4) is 0 Å². The molecule has 133 heavy (non-hydrogen) atoms. The number of hydrogen-bond acceptors (Lipinski definition) is 38. The first-order valence-corrected chi connectivity index (χ1v) is 52.1. The smallest absolute Gasteiger partial charge is 0.493 e. The van der Waals surface area contributed by atoms with Crippen molar-refractivity contribution in [1.82, 2.24) is 19.9 Å². The number of methoxy groups -OCH3 is 2. The zero-order valence-corrected chi connectivity index (χ0v) is 78.9. The predicted molar refractivity (Wildman–Crippen MR) is 457 cm³/mol. The number of rotatable bonds is 22. The van der Waals surface area contributed by atoms with Crippen molar-refractivity contribution in [3.63, 3.8) is 0 Å². The van der Waals surface area contributed by atoms with Crippen molar-refractivity contribution in [3.05, 3.63) is 233 Å². The van der Waals surface area contributed by atoms with Gasteiger partial charge < -0.3 is 102 Å². The van der Waals surface area contributed by atoms with Crippen LogP contribution in [0.1, 0.15) is 148 Å². The summed E-state index contributed by atoms with van der Waals surface area (Å²) in [6.07, 6.45) is 0.552. The summed E-state index contributed by atoms with van der Waals surface area (Å²) in [6, 6.07) is 30.0. The molecule has 54 heteroatoms. The van der Waals surface area contributed by atoms with Crippen molar-refractivity contribution in [2.75, 3.05) is 20.8 Å². The molecule has 12 N–H and O–H groups in total. The molecule has 0 amide bonds. The molecule has 8 aromatic rings. The Hall–Kier alpha value is -8.93. The lowest BCUT2D eigenvalue weighted by atomic mass is 9.95. The van der Waals surface area contributed by atoms with Gasteiger partial charge in [0.05, 0.1) is 48.0 Å². The Labute approximate surface area is 757 Å². The molecule has 5 aliphatic rings. The fraction of sp³-hybridized carbons (Fsp3) is 0.380. The van der Waals surface area contributed by atoms with Gasteiger partial charge in [-0.05, 0) is 156 Å². The third kappa shape index (κ3) is 24.7. The molecular weight excluding hydrogens is 1920 g/mol. The van der Waals surface area contributed by atoms with Crippen LogP contribution in [0.15, 0.2) is 177 Å². The topological polar surface area (TPSA) is 673 Å². The van der Waals surface area contributed by atoms with E-state index in [1.807, 2.05) is 0 Å². The van der Waals surface area contributed by atoms with Crippen molar-refractivity contribution in [3.8, 4) is 28.7 Å². The molecule has 4 saturated heterocycles. The molecule has 13 rings (SSSR count). The SMILES string of the molecule is CC(=O)OCC(C)(C)C(=O)Oc1ccccc1C1OP(=O)(O)C(O)(Cc2cccnc2)P(=O)(O)O1.COC(=O)Oc1c(OC)cccc1C1OP(=O)(O)C(O)(Cc2cccnc2)P(=O)(O)O1.Cc1ccc(OC(=O)OC(C)C)c(C2OP(=O)(O)C(O)(Cc3cccnc3)P(=O)(O)O2)c1.Cc1ccc(OC(=O)OC2CCCCC2)c(C2OP(=O)(O)C(O)(Cc3cccnc3)P(=O)(O)O2)c1. The van der Waals surface area contributed by atoms with Gasteiger partial charge in [-0.15, -0.1) is 0 Å². The number of benzene rings is 4. The van der Waals surface area contributed by atoms with E-state index in [0.717, 1.165) is 39.2 Å². The summed E-state index contributed by atoms with van der Waals surface area (Å²) >= 11 is 0.